The Morgan fingerprint density at radius 3 is 2.73 bits per heavy atom. The van der Waals surface area contributed by atoms with Gasteiger partial charge in [0.1, 0.15) is 0 Å². The molecule has 84 valence electrons. The van der Waals surface area contributed by atoms with Gasteiger partial charge in [-0.2, -0.15) is 0 Å². The molecule has 0 bridgehead atoms. The lowest BCUT2D eigenvalue weighted by molar-refractivity contribution is 0.646. The quantitative estimate of drug-likeness (QED) is 0.510. The molecule has 1 atom stereocenters. The number of nitrogens with two attached hydrogens (primary N) is 1. The first-order valence-electron chi connectivity index (χ1n) is 4.87. The van der Waals surface area contributed by atoms with Crippen LogP contribution in [0.4, 0.5) is 5.95 Å². The first-order chi connectivity index (χ1) is 7.06. The molecule has 0 aliphatic heterocycles. The average Bonchev–Trinajstić information content (AvgIpc) is 2.60. The second-order valence-corrected chi connectivity index (χ2v) is 3.50. The molecule has 1 aromatic rings. The van der Waals surface area contributed by atoms with Crippen LogP contribution >= 0.6 is 0 Å². The minimum absolute atomic E-state index is 0.00153. The fourth-order valence-electron chi connectivity index (χ4n) is 1.27. The smallest absolute Gasteiger partial charge is 0.245 e. The van der Waals surface area contributed by atoms with Crippen LogP contribution < -0.4 is 10.6 Å². The zero-order chi connectivity index (χ0) is 11.4. The molecule has 3 N–H and O–H groups in total. The second kappa shape index (κ2) is 4.72. The number of nitrogens with zero attached hydrogens (tertiary/aromatic N) is 5. The van der Waals surface area contributed by atoms with E-state index in [0.29, 0.717) is 12.5 Å². The molecule has 7 nitrogen and oxygen atoms in total. The Hall–Kier alpha value is -1.66. The third-order valence-corrected chi connectivity index (χ3v) is 2.29. The summed E-state index contributed by atoms with van der Waals surface area (Å²) < 4.78 is 1.61. The van der Waals surface area contributed by atoms with Crippen LogP contribution in [0, 0.1) is 11.3 Å². The Morgan fingerprint density at radius 1 is 1.67 bits per heavy atom. The molecular formula is C8H17N7. The lowest BCUT2D eigenvalue weighted by Crippen LogP contribution is -2.35. The van der Waals surface area contributed by atoms with E-state index in [2.05, 4.69) is 15.5 Å². The first kappa shape index (κ1) is 11.4. The van der Waals surface area contributed by atoms with Crippen LogP contribution in [-0.2, 0) is 7.05 Å². The van der Waals surface area contributed by atoms with Crippen molar-refractivity contribution in [3.05, 3.63) is 0 Å². The van der Waals surface area contributed by atoms with Crippen LogP contribution in [0.25, 0.3) is 0 Å². The lowest BCUT2D eigenvalue weighted by Gasteiger charge is -2.23. The van der Waals surface area contributed by atoms with Gasteiger partial charge in [-0.05, 0) is 17.4 Å². The number of anilines is 1. The molecule has 1 rings (SSSR count). The van der Waals surface area contributed by atoms with Gasteiger partial charge < -0.3 is 10.6 Å². The molecule has 0 spiro atoms. The summed E-state index contributed by atoms with van der Waals surface area (Å²) in [4.78, 5) is 1.99. The van der Waals surface area contributed by atoms with E-state index in [1.165, 1.54) is 0 Å². The molecule has 0 saturated carbocycles. The molecule has 7 heteroatoms. The second-order valence-electron chi connectivity index (χ2n) is 3.50. The Bertz CT molecular complexity index is 331. The Morgan fingerprint density at radius 2 is 2.33 bits per heavy atom. The number of hydrogen-bond acceptors (Lipinski definition) is 5. The fourth-order valence-corrected chi connectivity index (χ4v) is 1.27. The lowest BCUT2D eigenvalue weighted by atomic mass is 10.1. The maximum atomic E-state index is 7.34. The van der Waals surface area contributed by atoms with Gasteiger partial charge in [0.05, 0.1) is 5.84 Å². The molecule has 0 saturated heterocycles. The third kappa shape index (κ3) is 2.64. The Kier molecular flexibility index (Phi) is 3.59. The summed E-state index contributed by atoms with van der Waals surface area (Å²) in [5.74, 6) is 0.885. The molecule has 1 heterocycles. The van der Waals surface area contributed by atoms with Crippen LogP contribution in [0.5, 0.6) is 0 Å². The van der Waals surface area contributed by atoms with Crippen LogP contribution in [-0.4, -0.2) is 39.1 Å². The fraction of sp³-hybridized carbons (Fsp3) is 0.750. The summed E-state index contributed by atoms with van der Waals surface area (Å²) in [6.45, 7) is 5.36. The molecule has 0 amide bonds. The predicted octanol–water partition coefficient (Wildman–Crippen LogP) is -0.392. The van der Waals surface area contributed by atoms with Crippen LogP contribution in [0.2, 0.25) is 0 Å². The van der Waals surface area contributed by atoms with E-state index in [4.69, 9.17) is 11.1 Å². The van der Waals surface area contributed by atoms with Crippen LogP contribution in [0.15, 0.2) is 0 Å². The van der Waals surface area contributed by atoms with Gasteiger partial charge in [0, 0.05) is 26.1 Å². The number of rotatable bonds is 5. The minimum Gasteiger partial charge on any atom is -0.387 e. The highest BCUT2D eigenvalue weighted by Crippen LogP contribution is 2.09. The van der Waals surface area contributed by atoms with E-state index < -0.39 is 0 Å². The largest absolute Gasteiger partial charge is 0.387 e. The van der Waals surface area contributed by atoms with Crippen molar-refractivity contribution in [1.82, 2.24) is 20.2 Å². The van der Waals surface area contributed by atoms with Gasteiger partial charge in [0.2, 0.25) is 5.95 Å². The summed E-state index contributed by atoms with van der Waals surface area (Å²) in [7, 11) is 1.79. The highest BCUT2D eigenvalue weighted by molar-refractivity contribution is 5.79. The number of nitrogens with one attached hydrogen (secondary N) is 1. The van der Waals surface area contributed by atoms with E-state index in [-0.39, 0.29) is 11.8 Å². The average molecular weight is 211 g/mol. The van der Waals surface area contributed by atoms with E-state index in [1.54, 1.807) is 11.7 Å². The summed E-state index contributed by atoms with van der Waals surface area (Å²) >= 11 is 0. The molecule has 0 radical (unpaired) electrons. The van der Waals surface area contributed by atoms with Crippen molar-refractivity contribution in [2.75, 3.05) is 18.0 Å². The monoisotopic (exact) mass is 211 g/mol. The highest BCUT2D eigenvalue weighted by atomic mass is 15.6. The third-order valence-electron chi connectivity index (χ3n) is 2.29. The maximum absolute atomic E-state index is 7.34. The van der Waals surface area contributed by atoms with Crippen LogP contribution in [0.1, 0.15) is 13.8 Å². The summed E-state index contributed by atoms with van der Waals surface area (Å²) in [6, 6.07) is 0. The van der Waals surface area contributed by atoms with Gasteiger partial charge in [-0.1, -0.05) is 12.0 Å². The van der Waals surface area contributed by atoms with E-state index in [9.17, 15) is 0 Å². The molecule has 0 aromatic carbocycles. The summed E-state index contributed by atoms with van der Waals surface area (Å²) in [5, 5.41) is 18.6. The van der Waals surface area contributed by atoms with Gasteiger partial charge in [0.25, 0.3) is 0 Å². The summed E-state index contributed by atoms with van der Waals surface area (Å²) in [6.07, 6.45) is 0. The van der Waals surface area contributed by atoms with Crippen molar-refractivity contribution in [2.45, 2.75) is 13.8 Å². The number of amidine groups is 1. The van der Waals surface area contributed by atoms with Crippen molar-refractivity contribution in [1.29, 1.82) is 5.41 Å². The number of hydrogen-bond donors (Lipinski definition) is 2. The molecule has 0 aliphatic carbocycles. The van der Waals surface area contributed by atoms with Gasteiger partial charge in [0.15, 0.2) is 0 Å². The van der Waals surface area contributed by atoms with Crippen molar-refractivity contribution in [2.24, 2.45) is 18.7 Å². The molecule has 1 unspecified atom stereocenters. The Labute approximate surface area is 88.8 Å². The molecule has 0 fully saturated rings. The maximum Gasteiger partial charge on any atom is 0.245 e. The predicted molar refractivity (Wildman–Crippen MR) is 57.8 cm³/mol. The molecule has 15 heavy (non-hydrogen) atoms. The molecule has 0 aliphatic rings. The van der Waals surface area contributed by atoms with Crippen molar-refractivity contribution >= 4 is 11.8 Å². The normalized spacial score (nSPS) is 12.5. The van der Waals surface area contributed by atoms with Gasteiger partial charge in [-0.25, -0.2) is 4.68 Å². The van der Waals surface area contributed by atoms with Crippen LogP contribution in [0.3, 0.4) is 0 Å². The topological polar surface area (TPSA) is 96.7 Å². The number of aromatic nitrogens is 4. The highest BCUT2D eigenvalue weighted by Gasteiger charge is 2.15. The zero-order valence-corrected chi connectivity index (χ0v) is 9.30. The van der Waals surface area contributed by atoms with E-state index in [1.807, 2.05) is 18.7 Å². The standard InChI is InChI=1S/C8H17N7/c1-4-15(5-6(2)7(9)10)8-11-12-13-14(8)3/h6H,4-5H2,1-3H3,(H3,9,10). The van der Waals surface area contributed by atoms with Crippen molar-refractivity contribution in [3.63, 3.8) is 0 Å². The molecule has 1 aromatic heterocycles. The molecular weight excluding hydrogens is 194 g/mol. The number of aryl methyl sites for hydroxylation is 1. The van der Waals surface area contributed by atoms with Gasteiger partial charge >= 0.3 is 0 Å². The SMILES string of the molecule is CCN(CC(C)C(=N)N)c1nnnn1C. The van der Waals surface area contributed by atoms with Crippen molar-refractivity contribution < 1.29 is 0 Å². The summed E-state index contributed by atoms with van der Waals surface area (Å²) in [5.41, 5.74) is 5.43. The number of tetrazole rings is 1. The van der Waals surface area contributed by atoms with E-state index in [0.717, 1.165) is 6.54 Å². The van der Waals surface area contributed by atoms with Crippen molar-refractivity contribution in [3.8, 4) is 0 Å². The minimum atomic E-state index is 0.00153. The van der Waals surface area contributed by atoms with E-state index >= 15 is 0 Å². The zero-order valence-electron chi connectivity index (χ0n) is 9.30. The van der Waals surface area contributed by atoms with Gasteiger partial charge in [-0.15, -0.1) is 0 Å². The van der Waals surface area contributed by atoms with Gasteiger partial charge in [-0.3, -0.25) is 5.41 Å². The first-order valence-corrected chi connectivity index (χ1v) is 4.87. The Balaban J connectivity index is 2.73.